The molecule has 0 fully saturated rings. The van der Waals surface area contributed by atoms with Gasteiger partial charge >= 0.3 is 6.09 Å². The number of methoxy groups -OCH3 is 2. The van der Waals surface area contributed by atoms with Crippen molar-refractivity contribution in [2.24, 2.45) is 0 Å². The molecule has 1 heterocycles. The summed E-state index contributed by atoms with van der Waals surface area (Å²) in [4.78, 5) is 25.9. The number of nitrogens with one attached hydrogen (secondary N) is 1. The first-order chi connectivity index (χ1) is 11.6. The molecule has 25 heavy (non-hydrogen) atoms. The third-order valence-corrected chi connectivity index (χ3v) is 3.97. The number of carboxylic acid groups (broad SMARTS) is 1. The summed E-state index contributed by atoms with van der Waals surface area (Å²) in [5, 5.41) is 12.8. The molecule has 1 aliphatic heterocycles. The van der Waals surface area contributed by atoms with Gasteiger partial charge in [0.2, 0.25) is 0 Å². The van der Waals surface area contributed by atoms with Crippen molar-refractivity contribution in [3.63, 3.8) is 0 Å². The number of carbonyl (C=O) groups excluding carboxylic acids is 1. The van der Waals surface area contributed by atoms with Gasteiger partial charge in [0, 0.05) is 23.4 Å². The van der Waals surface area contributed by atoms with Crippen LogP contribution in [0.5, 0.6) is 11.5 Å². The van der Waals surface area contributed by atoms with E-state index in [1.165, 1.54) is 26.4 Å². The Kier molecular flexibility index (Phi) is 4.97. The fraction of sp³-hybridized carbons (Fsp3) is 0.444. The van der Waals surface area contributed by atoms with Crippen molar-refractivity contribution in [1.82, 2.24) is 5.32 Å². The molecular formula is C18H24N2O5. The van der Waals surface area contributed by atoms with Crippen molar-refractivity contribution in [2.45, 2.75) is 39.3 Å². The molecule has 1 aliphatic rings. The minimum atomic E-state index is -1.14. The van der Waals surface area contributed by atoms with E-state index in [-0.39, 0.29) is 22.6 Å². The highest BCUT2D eigenvalue weighted by atomic mass is 16.5. The van der Waals surface area contributed by atoms with Crippen molar-refractivity contribution < 1.29 is 24.2 Å². The summed E-state index contributed by atoms with van der Waals surface area (Å²) in [6.07, 6.45) is 0.456. The summed E-state index contributed by atoms with van der Waals surface area (Å²) in [7, 11) is 2.93. The van der Waals surface area contributed by atoms with Gasteiger partial charge in [0.1, 0.15) is 0 Å². The van der Waals surface area contributed by atoms with Crippen LogP contribution < -0.4 is 19.7 Å². The van der Waals surface area contributed by atoms with Crippen LogP contribution in [0.3, 0.4) is 0 Å². The number of rotatable bonds is 3. The zero-order valence-electron chi connectivity index (χ0n) is 15.3. The average Bonchev–Trinajstić information content (AvgIpc) is 2.52. The maximum atomic E-state index is 13.0. The van der Waals surface area contributed by atoms with Crippen LogP contribution in [0.4, 0.5) is 10.5 Å². The molecule has 2 N–H and O–H groups in total. The van der Waals surface area contributed by atoms with Crippen molar-refractivity contribution >= 4 is 17.6 Å². The lowest BCUT2D eigenvalue weighted by molar-refractivity contribution is 0.102. The van der Waals surface area contributed by atoms with Crippen molar-refractivity contribution in [1.29, 1.82) is 0 Å². The van der Waals surface area contributed by atoms with Crippen molar-refractivity contribution in [3.05, 3.63) is 29.5 Å². The standard InChI is InChI=1S/C18H24N2O5/c1-10-12(9-19-18(2,3)4)16(21)11-7-14(24-5)15(25-6)8-13(11)20(10)17(22)23/h7-10,19H,1-6H3,(H,22,23). The Bertz CT molecular complexity index is 734. The summed E-state index contributed by atoms with van der Waals surface area (Å²) in [5.74, 6) is 0.503. The number of fused-ring (bicyclic) bond motifs is 1. The molecule has 1 aromatic rings. The predicted molar refractivity (Wildman–Crippen MR) is 94.8 cm³/mol. The first-order valence-corrected chi connectivity index (χ1v) is 7.91. The lowest BCUT2D eigenvalue weighted by Gasteiger charge is -2.35. The topological polar surface area (TPSA) is 88.1 Å². The Morgan fingerprint density at radius 2 is 1.80 bits per heavy atom. The second-order valence-corrected chi connectivity index (χ2v) is 6.88. The van der Waals surface area contributed by atoms with Gasteiger partial charge in [-0.25, -0.2) is 4.79 Å². The normalized spacial score (nSPS) is 18.8. The van der Waals surface area contributed by atoms with E-state index in [0.717, 1.165) is 4.90 Å². The smallest absolute Gasteiger partial charge is 0.412 e. The molecule has 1 atom stereocenters. The van der Waals surface area contributed by atoms with Crippen LogP contribution in [0.2, 0.25) is 0 Å². The van der Waals surface area contributed by atoms with Gasteiger partial charge in [-0.3, -0.25) is 9.69 Å². The SMILES string of the molecule is COc1cc2c(cc1OC)N(C(=O)O)C(C)C(=CNC(C)(C)C)C2=O. The number of anilines is 1. The van der Waals surface area contributed by atoms with Crippen LogP contribution in [-0.2, 0) is 0 Å². The van der Waals surface area contributed by atoms with Crippen LogP contribution in [0.1, 0.15) is 38.1 Å². The molecule has 1 unspecified atom stereocenters. The summed E-state index contributed by atoms with van der Waals surface area (Å²) in [6.45, 7) is 7.55. The predicted octanol–water partition coefficient (Wildman–Crippen LogP) is 3.05. The Morgan fingerprint density at radius 1 is 1.24 bits per heavy atom. The maximum absolute atomic E-state index is 13.0. The van der Waals surface area contributed by atoms with Gasteiger partial charge in [-0.15, -0.1) is 0 Å². The highest BCUT2D eigenvalue weighted by molar-refractivity contribution is 6.18. The molecule has 7 nitrogen and oxygen atoms in total. The van der Waals surface area contributed by atoms with E-state index in [9.17, 15) is 14.7 Å². The number of hydrogen-bond acceptors (Lipinski definition) is 5. The third kappa shape index (κ3) is 3.55. The van der Waals surface area contributed by atoms with Gasteiger partial charge in [-0.1, -0.05) is 0 Å². The van der Waals surface area contributed by atoms with Crippen molar-refractivity contribution in [3.8, 4) is 11.5 Å². The molecule has 0 aromatic heterocycles. The summed E-state index contributed by atoms with van der Waals surface area (Å²) >= 11 is 0. The zero-order valence-corrected chi connectivity index (χ0v) is 15.3. The van der Waals surface area contributed by atoms with E-state index in [1.807, 2.05) is 20.8 Å². The summed E-state index contributed by atoms with van der Waals surface area (Å²) in [6, 6.07) is 2.40. The molecular weight excluding hydrogens is 324 g/mol. The van der Waals surface area contributed by atoms with Crippen LogP contribution in [0, 0.1) is 0 Å². The van der Waals surface area contributed by atoms with Gasteiger partial charge in [0.05, 0.1) is 31.5 Å². The summed E-state index contributed by atoms with van der Waals surface area (Å²) < 4.78 is 10.5. The molecule has 0 aliphatic carbocycles. The molecule has 7 heteroatoms. The quantitative estimate of drug-likeness (QED) is 0.816. The molecule has 0 spiro atoms. The Morgan fingerprint density at radius 3 is 2.28 bits per heavy atom. The monoisotopic (exact) mass is 348 g/mol. The molecule has 0 saturated carbocycles. The number of amides is 1. The number of Topliss-reactive ketones (excluding diaryl/α,β-unsaturated/α-hetero) is 1. The fourth-order valence-electron chi connectivity index (χ4n) is 2.69. The van der Waals surface area contributed by atoms with Gasteiger partial charge in [-0.2, -0.15) is 0 Å². The van der Waals surface area contributed by atoms with E-state index in [2.05, 4.69) is 5.32 Å². The molecule has 136 valence electrons. The first-order valence-electron chi connectivity index (χ1n) is 7.91. The van der Waals surface area contributed by atoms with Gasteiger partial charge in [0.15, 0.2) is 17.3 Å². The zero-order chi connectivity index (χ0) is 18.9. The number of hydrogen-bond donors (Lipinski definition) is 2. The number of nitrogens with zero attached hydrogens (tertiary/aromatic N) is 1. The lowest BCUT2D eigenvalue weighted by Crippen LogP contribution is -2.46. The van der Waals surface area contributed by atoms with E-state index in [0.29, 0.717) is 17.1 Å². The van der Waals surface area contributed by atoms with Gasteiger partial charge < -0.3 is 19.9 Å². The highest BCUT2D eigenvalue weighted by Gasteiger charge is 2.38. The summed E-state index contributed by atoms with van der Waals surface area (Å²) in [5.41, 5.74) is 0.673. The third-order valence-electron chi connectivity index (χ3n) is 3.97. The number of ketones is 1. The molecule has 1 aromatic carbocycles. The minimum Gasteiger partial charge on any atom is -0.493 e. The van der Waals surface area contributed by atoms with E-state index >= 15 is 0 Å². The van der Waals surface area contributed by atoms with E-state index < -0.39 is 12.1 Å². The minimum absolute atomic E-state index is 0.238. The Hall–Kier alpha value is -2.70. The van der Waals surface area contributed by atoms with Crippen LogP contribution in [0.25, 0.3) is 0 Å². The Labute approximate surface area is 147 Å². The molecule has 2 rings (SSSR count). The lowest BCUT2D eigenvalue weighted by atomic mass is 9.90. The molecule has 1 amide bonds. The van der Waals surface area contributed by atoms with Crippen molar-refractivity contribution in [2.75, 3.05) is 19.1 Å². The largest absolute Gasteiger partial charge is 0.493 e. The maximum Gasteiger partial charge on any atom is 0.412 e. The van der Waals surface area contributed by atoms with Gasteiger partial charge in [0.25, 0.3) is 0 Å². The average molecular weight is 348 g/mol. The number of ether oxygens (including phenoxy) is 2. The Balaban J connectivity index is 2.65. The number of benzene rings is 1. The highest BCUT2D eigenvalue weighted by Crippen LogP contribution is 2.41. The molecule has 0 bridgehead atoms. The van der Waals surface area contributed by atoms with Crippen LogP contribution in [0.15, 0.2) is 23.9 Å². The van der Waals surface area contributed by atoms with E-state index in [4.69, 9.17) is 9.47 Å². The molecule has 0 saturated heterocycles. The van der Waals surface area contributed by atoms with Gasteiger partial charge in [-0.05, 0) is 33.8 Å². The first kappa shape index (κ1) is 18.6. The van der Waals surface area contributed by atoms with Crippen LogP contribution in [-0.4, -0.2) is 42.8 Å². The fourth-order valence-corrected chi connectivity index (χ4v) is 2.69. The van der Waals surface area contributed by atoms with E-state index in [1.54, 1.807) is 13.1 Å². The molecule has 0 radical (unpaired) electrons. The second-order valence-electron chi connectivity index (χ2n) is 6.88. The van der Waals surface area contributed by atoms with Crippen LogP contribution >= 0.6 is 0 Å². The second kappa shape index (κ2) is 6.66. The number of carbonyl (C=O) groups is 2.